The maximum absolute atomic E-state index is 13.0. The van der Waals surface area contributed by atoms with Crippen molar-refractivity contribution in [2.24, 2.45) is 0 Å². The largest absolute Gasteiger partial charge is 0.463 e. The van der Waals surface area contributed by atoms with E-state index in [2.05, 4.69) is 20.4 Å². The molecule has 0 radical (unpaired) electrons. The minimum absolute atomic E-state index is 0.271. The predicted molar refractivity (Wildman–Crippen MR) is 124 cm³/mol. The van der Waals surface area contributed by atoms with E-state index in [0.717, 1.165) is 31.5 Å². The van der Waals surface area contributed by atoms with Crippen LogP contribution >= 0.6 is 11.6 Å². The molecule has 2 fully saturated rings. The Morgan fingerprint density at radius 3 is 2.59 bits per heavy atom. The van der Waals surface area contributed by atoms with Crippen molar-refractivity contribution in [1.29, 1.82) is 0 Å². The third-order valence-electron chi connectivity index (χ3n) is 6.68. The van der Waals surface area contributed by atoms with Crippen molar-refractivity contribution in [2.45, 2.75) is 51.1 Å². The van der Waals surface area contributed by atoms with E-state index in [1.807, 2.05) is 12.1 Å². The van der Waals surface area contributed by atoms with Gasteiger partial charge < -0.3 is 20.3 Å². The van der Waals surface area contributed by atoms with Crippen LogP contribution in [0.3, 0.4) is 0 Å². The second-order valence-corrected chi connectivity index (χ2v) is 9.24. The molecule has 2 amide bonds. The molecule has 1 aromatic rings. The summed E-state index contributed by atoms with van der Waals surface area (Å²) in [5.41, 5.74) is 1.83. The topological polar surface area (TPSA) is 73.9 Å². The number of nitrogens with one attached hydrogen (secondary N) is 2. The van der Waals surface area contributed by atoms with Gasteiger partial charge in [-0.1, -0.05) is 30.2 Å². The molecule has 0 aromatic heterocycles. The highest BCUT2D eigenvalue weighted by Gasteiger charge is 2.35. The van der Waals surface area contributed by atoms with E-state index in [0.29, 0.717) is 28.9 Å². The van der Waals surface area contributed by atoms with Gasteiger partial charge in [-0.25, -0.2) is 9.59 Å². The highest BCUT2D eigenvalue weighted by Crippen LogP contribution is 2.30. The van der Waals surface area contributed by atoms with E-state index in [4.69, 9.17) is 16.3 Å². The Morgan fingerprint density at radius 1 is 1.16 bits per heavy atom. The van der Waals surface area contributed by atoms with E-state index in [1.165, 1.54) is 32.4 Å². The summed E-state index contributed by atoms with van der Waals surface area (Å²) in [6.45, 7) is 6.90. The first-order valence-corrected chi connectivity index (χ1v) is 12.1. The predicted octanol–water partition coefficient (Wildman–Crippen LogP) is 3.46. The van der Waals surface area contributed by atoms with E-state index >= 15 is 0 Å². The molecule has 3 aliphatic rings. The van der Waals surface area contributed by atoms with E-state index in [1.54, 1.807) is 19.1 Å². The lowest BCUT2D eigenvalue weighted by Gasteiger charge is -2.41. The summed E-state index contributed by atoms with van der Waals surface area (Å²) in [5, 5.41) is 6.32. The van der Waals surface area contributed by atoms with Crippen LogP contribution in [0.15, 0.2) is 35.5 Å². The Hall–Kier alpha value is -2.09. The van der Waals surface area contributed by atoms with Crippen LogP contribution in [0.25, 0.3) is 0 Å². The van der Waals surface area contributed by atoms with Gasteiger partial charge >= 0.3 is 12.0 Å². The van der Waals surface area contributed by atoms with Gasteiger partial charge in [-0.15, -0.1) is 0 Å². The Morgan fingerprint density at radius 2 is 1.91 bits per heavy atom. The van der Waals surface area contributed by atoms with Gasteiger partial charge in [0.1, 0.15) is 0 Å². The van der Waals surface area contributed by atoms with Crippen LogP contribution < -0.4 is 10.6 Å². The summed E-state index contributed by atoms with van der Waals surface area (Å²) in [4.78, 5) is 30.4. The molecule has 4 rings (SSSR count). The number of esters is 1. The van der Waals surface area contributed by atoms with Crippen molar-refractivity contribution >= 4 is 23.6 Å². The van der Waals surface area contributed by atoms with Crippen LogP contribution in [0.1, 0.15) is 50.6 Å². The minimum Gasteiger partial charge on any atom is -0.463 e. The number of benzene rings is 1. The third kappa shape index (κ3) is 5.45. The normalized spacial score (nSPS) is 23.6. The number of ether oxygens (including phenoxy) is 1. The fraction of sp³-hybridized carbons (Fsp3) is 0.583. The van der Waals surface area contributed by atoms with Gasteiger partial charge in [0, 0.05) is 36.4 Å². The zero-order valence-electron chi connectivity index (χ0n) is 18.7. The molecule has 2 saturated heterocycles. The highest BCUT2D eigenvalue weighted by atomic mass is 35.5. The van der Waals surface area contributed by atoms with Crippen molar-refractivity contribution in [3.05, 3.63) is 46.1 Å². The van der Waals surface area contributed by atoms with Gasteiger partial charge in [-0.2, -0.15) is 0 Å². The lowest BCUT2D eigenvalue weighted by atomic mass is 9.94. The lowest BCUT2D eigenvalue weighted by molar-refractivity contribution is -0.139. The number of carbonyl (C=O) groups excluding carboxylic acids is 2. The van der Waals surface area contributed by atoms with Crippen molar-refractivity contribution in [3.8, 4) is 0 Å². The van der Waals surface area contributed by atoms with Crippen molar-refractivity contribution in [1.82, 2.24) is 20.4 Å². The summed E-state index contributed by atoms with van der Waals surface area (Å²) in [6, 6.07) is 6.96. The Bertz CT molecular complexity index is 861. The Balaban J connectivity index is 1.52. The van der Waals surface area contributed by atoms with Crippen LogP contribution in [0.4, 0.5) is 4.79 Å². The molecule has 3 aliphatic heterocycles. The molecule has 0 bridgehead atoms. The molecule has 0 unspecified atom stereocenters. The second-order valence-electron chi connectivity index (χ2n) is 8.80. The number of hydrogen-bond acceptors (Lipinski definition) is 5. The maximum atomic E-state index is 13.0. The molecular formula is C24H33ClN4O3. The van der Waals surface area contributed by atoms with Crippen LogP contribution in [-0.4, -0.2) is 67.2 Å². The van der Waals surface area contributed by atoms with Gasteiger partial charge in [0.2, 0.25) is 0 Å². The molecule has 0 spiro atoms. The SMILES string of the molecule is CCOC(=O)C1=C(CN2CCC(N3CCCCC3)CC2)NC(=O)N[C@H]1c1cccc(Cl)c1. The fourth-order valence-corrected chi connectivity index (χ4v) is 5.28. The molecule has 2 N–H and O–H groups in total. The standard InChI is InChI=1S/C24H33ClN4O3/c1-2-32-23(30)21-20(26-24(31)27-22(21)17-7-6-8-18(25)15-17)16-28-13-9-19(10-14-28)29-11-4-3-5-12-29/h6-8,15,19,22H,2-5,9-14,16H2,1H3,(H2,26,27,31)/t22-/m0/s1. The van der Waals surface area contributed by atoms with Crippen LogP contribution in [0.2, 0.25) is 5.02 Å². The average molecular weight is 461 g/mol. The van der Waals surface area contributed by atoms with Crippen molar-refractivity contribution in [3.63, 3.8) is 0 Å². The van der Waals surface area contributed by atoms with Crippen molar-refractivity contribution < 1.29 is 14.3 Å². The van der Waals surface area contributed by atoms with Gasteiger partial charge in [0.15, 0.2) is 0 Å². The molecule has 1 atom stereocenters. The van der Waals surface area contributed by atoms with Gasteiger partial charge in [0.05, 0.1) is 18.2 Å². The number of hydrogen-bond donors (Lipinski definition) is 2. The van der Waals surface area contributed by atoms with Crippen molar-refractivity contribution in [2.75, 3.05) is 39.3 Å². The molecule has 174 valence electrons. The number of piperidine rings is 2. The minimum atomic E-state index is -0.595. The zero-order valence-corrected chi connectivity index (χ0v) is 19.5. The molecule has 8 heteroatoms. The number of urea groups is 1. The van der Waals surface area contributed by atoms with Gasteiger partial charge in [-0.05, 0) is 63.4 Å². The Kier molecular flexibility index (Phi) is 7.71. The smallest absolute Gasteiger partial charge is 0.338 e. The van der Waals surface area contributed by atoms with Gasteiger partial charge in [-0.3, -0.25) is 4.90 Å². The fourth-order valence-electron chi connectivity index (χ4n) is 5.08. The molecular weight excluding hydrogens is 428 g/mol. The number of likely N-dealkylation sites (tertiary alicyclic amines) is 2. The molecule has 0 aliphatic carbocycles. The summed E-state index contributed by atoms with van der Waals surface area (Å²) < 4.78 is 5.37. The van der Waals surface area contributed by atoms with E-state index in [-0.39, 0.29) is 12.6 Å². The second kappa shape index (κ2) is 10.7. The first-order chi connectivity index (χ1) is 15.5. The summed E-state index contributed by atoms with van der Waals surface area (Å²) in [7, 11) is 0. The first kappa shape index (κ1) is 23.1. The average Bonchev–Trinajstić information content (AvgIpc) is 2.80. The van der Waals surface area contributed by atoms with Crippen LogP contribution in [0.5, 0.6) is 0 Å². The zero-order chi connectivity index (χ0) is 22.5. The van der Waals surface area contributed by atoms with Crippen LogP contribution in [0, 0.1) is 0 Å². The monoisotopic (exact) mass is 460 g/mol. The number of amides is 2. The number of rotatable bonds is 6. The quantitative estimate of drug-likeness (QED) is 0.636. The summed E-state index contributed by atoms with van der Waals surface area (Å²) >= 11 is 6.19. The maximum Gasteiger partial charge on any atom is 0.338 e. The summed E-state index contributed by atoms with van der Waals surface area (Å²) in [5.74, 6) is -0.414. The number of nitrogens with zero attached hydrogens (tertiary/aromatic N) is 2. The Labute approximate surface area is 195 Å². The molecule has 32 heavy (non-hydrogen) atoms. The first-order valence-electron chi connectivity index (χ1n) is 11.7. The number of halogens is 1. The van der Waals surface area contributed by atoms with Crippen LogP contribution in [-0.2, 0) is 9.53 Å². The molecule has 7 nitrogen and oxygen atoms in total. The van der Waals surface area contributed by atoms with E-state index in [9.17, 15) is 9.59 Å². The third-order valence-corrected chi connectivity index (χ3v) is 6.91. The van der Waals surface area contributed by atoms with Gasteiger partial charge in [0.25, 0.3) is 0 Å². The molecule has 0 saturated carbocycles. The summed E-state index contributed by atoms with van der Waals surface area (Å²) in [6.07, 6.45) is 6.19. The number of carbonyl (C=O) groups is 2. The van der Waals surface area contributed by atoms with E-state index < -0.39 is 12.0 Å². The molecule has 1 aromatic carbocycles. The molecule has 3 heterocycles. The highest BCUT2D eigenvalue weighted by molar-refractivity contribution is 6.30. The lowest BCUT2D eigenvalue weighted by Crippen LogP contribution is -2.51.